The van der Waals surface area contributed by atoms with Gasteiger partial charge in [-0.05, 0) is 0 Å². The minimum absolute atomic E-state index is 0.337. The van der Waals surface area contributed by atoms with E-state index in [-0.39, 0.29) is 4.79 Å². The predicted molar refractivity (Wildman–Crippen MR) is 54.5 cm³/mol. The SMILES string of the molecule is O=c1ccn(F)c(=O)n1C1O[C@H](CO)[C@@H](O)[C@@H]1O. The van der Waals surface area contributed by atoms with Gasteiger partial charge in [0, 0.05) is 12.3 Å². The summed E-state index contributed by atoms with van der Waals surface area (Å²) in [5, 5.41) is 28.0. The minimum atomic E-state index is -1.62. The molecule has 1 aromatic heterocycles. The molecular formula is C9H11FN2O6. The van der Waals surface area contributed by atoms with E-state index in [0.717, 1.165) is 6.07 Å². The average Bonchev–Trinajstić information content (AvgIpc) is 2.62. The van der Waals surface area contributed by atoms with Crippen LogP contribution in [0.25, 0.3) is 0 Å². The Morgan fingerprint density at radius 1 is 1.33 bits per heavy atom. The minimum Gasteiger partial charge on any atom is -0.394 e. The summed E-state index contributed by atoms with van der Waals surface area (Å²) in [7, 11) is 0. The summed E-state index contributed by atoms with van der Waals surface area (Å²) in [5.41, 5.74) is -2.22. The molecule has 0 saturated carbocycles. The Balaban J connectivity index is 2.48. The molecule has 0 radical (unpaired) electrons. The lowest BCUT2D eigenvalue weighted by Crippen LogP contribution is -2.43. The molecule has 9 heteroatoms. The Labute approximate surface area is 99.0 Å². The van der Waals surface area contributed by atoms with Crippen molar-refractivity contribution in [1.82, 2.24) is 9.36 Å². The largest absolute Gasteiger partial charge is 0.394 e. The number of aliphatic hydroxyl groups is 3. The van der Waals surface area contributed by atoms with Crippen molar-refractivity contribution in [2.75, 3.05) is 6.61 Å². The second-order valence-corrected chi connectivity index (χ2v) is 3.85. The summed E-state index contributed by atoms with van der Waals surface area (Å²) in [6.07, 6.45) is -5.15. The van der Waals surface area contributed by atoms with Crippen LogP contribution in [0.2, 0.25) is 0 Å². The van der Waals surface area contributed by atoms with Crippen molar-refractivity contribution in [2.24, 2.45) is 0 Å². The van der Waals surface area contributed by atoms with Crippen molar-refractivity contribution in [3.05, 3.63) is 33.1 Å². The summed E-state index contributed by atoms with van der Waals surface area (Å²) in [4.78, 5) is 22.6. The Morgan fingerprint density at radius 2 is 2.00 bits per heavy atom. The van der Waals surface area contributed by atoms with Gasteiger partial charge in [0.15, 0.2) is 6.23 Å². The number of hydrogen-bond donors (Lipinski definition) is 3. The molecule has 3 N–H and O–H groups in total. The molecule has 1 aromatic rings. The van der Waals surface area contributed by atoms with Crippen LogP contribution in [0.4, 0.5) is 4.48 Å². The predicted octanol–water partition coefficient (Wildman–Crippen LogP) is -2.65. The van der Waals surface area contributed by atoms with Crippen molar-refractivity contribution >= 4 is 0 Å². The first-order valence-electron chi connectivity index (χ1n) is 5.10. The lowest BCUT2D eigenvalue weighted by atomic mass is 10.1. The van der Waals surface area contributed by atoms with Gasteiger partial charge >= 0.3 is 5.69 Å². The van der Waals surface area contributed by atoms with Crippen molar-refractivity contribution in [1.29, 1.82) is 0 Å². The highest BCUT2D eigenvalue weighted by molar-refractivity contribution is 4.93. The van der Waals surface area contributed by atoms with Gasteiger partial charge in [0.1, 0.15) is 18.3 Å². The second kappa shape index (κ2) is 4.61. The molecule has 0 bridgehead atoms. The molecule has 0 aromatic carbocycles. The maximum atomic E-state index is 13.0. The molecular weight excluding hydrogens is 251 g/mol. The molecule has 1 aliphatic heterocycles. The van der Waals surface area contributed by atoms with E-state index in [0.29, 0.717) is 10.8 Å². The van der Waals surface area contributed by atoms with Crippen molar-refractivity contribution < 1.29 is 24.5 Å². The van der Waals surface area contributed by atoms with Gasteiger partial charge < -0.3 is 20.1 Å². The highest BCUT2D eigenvalue weighted by atomic mass is 19.2. The van der Waals surface area contributed by atoms with Gasteiger partial charge in [-0.1, -0.05) is 4.48 Å². The number of aliphatic hydroxyl groups excluding tert-OH is 3. The quantitative estimate of drug-likeness (QED) is 0.536. The van der Waals surface area contributed by atoms with Crippen molar-refractivity contribution in [3.63, 3.8) is 0 Å². The number of ether oxygens (including phenoxy) is 1. The standard InChI is InChI=1S/C9H11FN2O6/c10-11-2-1-5(14)12(9(11)17)8-7(16)6(15)4(3-13)18-8/h1-2,4,6-8,13,15-16H,3H2/t4-,6-,7+,8?/m1/s1. The fourth-order valence-electron chi connectivity index (χ4n) is 1.80. The van der Waals surface area contributed by atoms with Crippen LogP contribution in [0.5, 0.6) is 0 Å². The zero-order chi connectivity index (χ0) is 13.4. The maximum Gasteiger partial charge on any atom is 0.361 e. The third-order valence-corrected chi connectivity index (χ3v) is 2.75. The molecule has 4 atom stereocenters. The Kier molecular flexibility index (Phi) is 3.30. The third-order valence-electron chi connectivity index (χ3n) is 2.75. The number of hydrogen-bond acceptors (Lipinski definition) is 6. The van der Waals surface area contributed by atoms with Crippen LogP contribution in [0.3, 0.4) is 0 Å². The molecule has 0 aliphatic carbocycles. The first-order valence-corrected chi connectivity index (χ1v) is 5.10. The van der Waals surface area contributed by atoms with Crippen molar-refractivity contribution in [3.8, 4) is 0 Å². The first-order chi connectivity index (χ1) is 8.47. The molecule has 0 amide bonds. The van der Waals surface area contributed by atoms with E-state index in [1.807, 2.05) is 0 Å². The molecule has 18 heavy (non-hydrogen) atoms. The fraction of sp³-hybridized carbons (Fsp3) is 0.556. The van der Waals surface area contributed by atoms with Gasteiger partial charge in [-0.15, -0.1) is 4.79 Å². The van der Waals surface area contributed by atoms with Gasteiger partial charge in [-0.25, -0.2) is 9.36 Å². The molecule has 2 rings (SSSR count). The lowest BCUT2D eigenvalue weighted by molar-refractivity contribution is -0.0579. The fourth-order valence-corrected chi connectivity index (χ4v) is 1.80. The Morgan fingerprint density at radius 3 is 2.56 bits per heavy atom. The van der Waals surface area contributed by atoms with Crippen LogP contribution in [0, 0.1) is 0 Å². The molecule has 1 saturated heterocycles. The Hall–Kier alpha value is -1.55. The topological polar surface area (TPSA) is 114 Å². The van der Waals surface area contributed by atoms with Gasteiger partial charge in [0.05, 0.1) is 6.61 Å². The van der Waals surface area contributed by atoms with Crippen LogP contribution in [-0.2, 0) is 4.74 Å². The van der Waals surface area contributed by atoms with Crippen LogP contribution in [0.15, 0.2) is 21.9 Å². The normalized spacial score (nSPS) is 31.8. The third kappa shape index (κ3) is 1.86. The molecule has 1 aliphatic rings. The number of halogens is 1. The van der Waals surface area contributed by atoms with Crippen LogP contribution < -0.4 is 11.2 Å². The Bertz CT molecular complexity index is 555. The summed E-state index contributed by atoms with van der Waals surface area (Å²) < 4.78 is 18.3. The molecule has 0 spiro atoms. The van der Waals surface area contributed by atoms with Crippen LogP contribution in [0.1, 0.15) is 6.23 Å². The summed E-state index contributed by atoms with van der Waals surface area (Å²) >= 11 is 0. The summed E-state index contributed by atoms with van der Waals surface area (Å²) in [6, 6.07) is 0.774. The molecule has 100 valence electrons. The highest BCUT2D eigenvalue weighted by Crippen LogP contribution is 2.27. The monoisotopic (exact) mass is 262 g/mol. The molecule has 1 fully saturated rings. The number of nitrogens with zero attached hydrogens (tertiary/aromatic N) is 2. The maximum absolute atomic E-state index is 13.0. The molecule has 1 unspecified atom stereocenters. The van der Waals surface area contributed by atoms with E-state index in [1.54, 1.807) is 0 Å². The number of aromatic nitrogens is 2. The highest BCUT2D eigenvalue weighted by Gasteiger charge is 2.44. The van der Waals surface area contributed by atoms with E-state index < -0.39 is 42.4 Å². The summed E-state index contributed by atoms with van der Waals surface area (Å²) in [6.45, 7) is -0.611. The smallest absolute Gasteiger partial charge is 0.361 e. The molecule has 8 nitrogen and oxygen atoms in total. The molecule has 2 heterocycles. The van der Waals surface area contributed by atoms with Gasteiger partial charge in [0.2, 0.25) is 0 Å². The van der Waals surface area contributed by atoms with Crippen LogP contribution >= 0.6 is 0 Å². The van der Waals surface area contributed by atoms with E-state index in [2.05, 4.69) is 0 Å². The van der Waals surface area contributed by atoms with Crippen LogP contribution in [-0.4, -0.2) is 49.6 Å². The zero-order valence-corrected chi connectivity index (χ0v) is 9.01. The lowest BCUT2D eigenvalue weighted by Gasteiger charge is -2.16. The van der Waals surface area contributed by atoms with E-state index >= 15 is 0 Å². The van der Waals surface area contributed by atoms with E-state index in [9.17, 15) is 24.3 Å². The zero-order valence-electron chi connectivity index (χ0n) is 9.01. The van der Waals surface area contributed by atoms with Gasteiger partial charge in [0.25, 0.3) is 5.56 Å². The van der Waals surface area contributed by atoms with E-state index in [4.69, 9.17) is 9.84 Å². The van der Waals surface area contributed by atoms with Gasteiger partial charge in [-0.2, -0.15) is 0 Å². The number of rotatable bonds is 2. The van der Waals surface area contributed by atoms with E-state index in [1.165, 1.54) is 0 Å². The first kappa shape index (κ1) is 12.9. The van der Waals surface area contributed by atoms with Gasteiger partial charge in [-0.3, -0.25) is 4.79 Å². The average molecular weight is 262 g/mol. The second-order valence-electron chi connectivity index (χ2n) is 3.85. The van der Waals surface area contributed by atoms with Crippen molar-refractivity contribution in [2.45, 2.75) is 24.5 Å². The summed E-state index contributed by atoms with van der Waals surface area (Å²) in [5.74, 6) is 0.